The highest BCUT2D eigenvalue weighted by atomic mass is 32.2. The van der Waals surface area contributed by atoms with Crippen molar-refractivity contribution in [3.63, 3.8) is 0 Å². The molecule has 4 aromatic carbocycles. The Morgan fingerprint density at radius 1 is 0.821 bits per heavy atom. The highest BCUT2D eigenvalue weighted by Crippen LogP contribution is 2.44. The fourth-order valence-corrected chi connectivity index (χ4v) is 8.54. The van der Waals surface area contributed by atoms with E-state index < -0.39 is 46.2 Å². The van der Waals surface area contributed by atoms with E-state index in [9.17, 15) is 13.2 Å². The first kappa shape index (κ1) is 37.4. The summed E-state index contributed by atoms with van der Waals surface area (Å²) in [5, 5.41) is 2.88. The maximum Gasteiger partial charge on any atom is 0.337 e. The lowest BCUT2D eigenvalue weighted by Crippen LogP contribution is -2.49. The van der Waals surface area contributed by atoms with E-state index in [2.05, 4.69) is 25.0 Å². The molecule has 288 valence electrons. The third-order valence-corrected chi connectivity index (χ3v) is 10.9. The molecular formula is C41H40N6O8S. The van der Waals surface area contributed by atoms with Crippen molar-refractivity contribution in [2.24, 2.45) is 0 Å². The van der Waals surface area contributed by atoms with Gasteiger partial charge in [-0.3, -0.25) is 13.5 Å². The molecular weight excluding hydrogens is 737 g/mol. The van der Waals surface area contributed by atoms with E-state index in [1.807, 2.05) is 91.0 Å². The average molecular weight is 777 g/mol. The van der Waals surface area contributed by atoms with Gasteiger partial charge in [-0.05, 0) is 42.7 Å². The first-order chi connectivity index (χ1) is 27.1. The topological polar surface area (TPSA) is 165 Å². The normalized spacial score (nSPS) is 20.5. The summed E-state index contributed by atoms with van der Waals surface area (Å²) in [6.07, 6.45) is -0.138. The second-order valence-electron chi connectivity index (χ2n) is 13.8. The van der Waals surface area contributed by atoms with Gasteiger partial charge in [0.2, 0.25) is 0 Å². The number of hydrogen-bond acceptors (Lipinski definition) is 11. The number of rotatable bonds is 13. The van der Waals surface area contributed by atoms with E-state index in [1.54, 1.807) is 49.0 Å². The molecule has 0 aliphatic carbocycles. The Hall–Kier alpha value is -5.55. The maximum atomic E-state index is 14.2. The van der Waals surface area contributed by atoms with E-state index in [-0.39, 0.29) is 19.1 Å². The van der Waals surface area contributed by atoms with Crippen LogP contribution < -0.4 is 14.8 Å². The molecule has 0 radical (unpaired) electrons. The number of amides is 1. The average Bonchev–Trinajstić information content (AvgIpc) is 3.90. The molecule has 0 bridgehead atoms. The fourth-order valence-electron chi connectivity index (χ4n) is 7.44. The van der Waals surface area contributed by atoms with Crippen molar-refractivity contribution in [2.75, 3.05) is 13.7 Å². The lowest BCUT2D eigenvalue weighted by atomic mass is 9.78. The third-order valence-electron chi connectivity index (χ3n) is 9.89. The van der Waals surface area contributed by atoms with Crippen LogP contribution >= 0.6 is 0 Å². The number of methoxy groups -OCH3 is 1. The summed E-state index contributed by atoms with van der Waals surface area (Å²) in [6, 6.07) is 35.0. The number of ether oxygens (including phenoxy) is 4. The SMILES string of the molecule is COc1ccccc1C(=O)NCc1ncnc2c1ncn2[C@@H]1O[C@H](COS(=O)(=O)NC(c2ccccc2)(c2ccccc2)c2ccccc2)[C@H]2OC(C)(C)O[C@H]21. The quantitative estimate of drug-likeness (QED) is 0.151. The number of nitrogens with one attached hydrogen (secondary N) is 2. The molecule has 1 amide bonds. The standard InChI is InChI=1S/C41H40N6O8S/c1-40(2)54-35-33(24-52-56(49,50)46-41(27-15-7-4-8-16-27,28-17-9-5-10-18-28)29-19-11-6-12-20-29)53-39(36(35)55-40)47-26-45-34-31(43-25-44-37(34)47)23-42-38(48)30-21-13-14-22-32(30)51-3/h4-22,25-26,33,35-36,39,46H,23-24H2,1-3H3,(H,42,48)/t33-,35-,36-,39-/m1/s1. The van der Waals surface area contributed by atoms with Crippen molar-refractivity contribution in [1.29, 1.82) is 0 Å². The molecule has 0 unspecified atom stereocenters. The maximum absolute atomic E-state index is 14.2. The Kier molecular flexibility index (Phi) is 10.1. The number of imidazole rings is 1. The molecule has 56 heavy (non-hydrogen) atoms. The summed E-state index contributed by atoms with van der Waals surface area (Å²) in [6.45, 7) is 3.24. The van der Waals surface area contributed by atoms with Gasteiger partial charge in [0.05, 0.1) is 37.8 Å². The van der Waals surface area contributed by atoms with Gasteiger partial charge in [0.15, 0.2) is 17.7 Å². The van der Waals surface area contributed by atoms with Crippen LogP contribution in [-0.2, 0) is 40.8 Å². The number of carbonyl (C=O) groups excluding carboxylic acids is 1. The van der Waals surface area contributed by atoms with Crippen molar-refractivity contribution < 1.29 is 36.3 Å². The van der Waals surface area contributed by atoms with E-state index in [0.717, 1.165) is 0 Å². The van der Waals surface area contributed by atoms with Crippen molar-refractivity contribution in [3.05, 3.63) is 156 Å². The zero-order valence-electron chi connectivity index (χ0n) is 30.8. The molecule has 4 heterocycles. The highest BCUT2D eigenvalue weighted by Gasteiger charge is 2.56. The molecule has 4 atom stereocenters. The number of aromatic nitrogens is 4. The highest BCUT2D eigenvalue weighted by molar-refractivity contribution is 7.84. The number of benzene rings is 4. The summed E-state index contributed by atoms with van der Waals surface area (Å²) in [7, 11) is -2.98. The lowest BCUT2D eigenvalue weighted by Gasteiger charge is -2.36. The van der Waals surface area contributed by atoms with Crippen LogP contribution in [0.5, 0.6) is 5.75 Å². The summed E-state index contributed by atoms with van der Waals surface area (Å²) in [4.78, 5) is 26.5. The van der Waals surface area contributed by atoms with Crippen molar-refractivity contribution in [3.8, 4) is 5.75 Å². The molecule has 14 nitrogen and oxygen atoms in total. The lowest BCUT2D eigenvalue weighted by molar-refractivity contribution is -0.198. The molecule has 2 aliphatic heterocycles. The minimum absolute atomic E-state index is 0.0644. The third kappa shape index (κ3) is 7.16. The van der Waals surface area contributed by atoms with Gasteiger partial charge in [-0.1, -0.05) is 103 Å². The van der Waals surface area contributed by atoms with Crippen LogP contribution in [-0.4, -0.2) is 71.7 Å². The summed E-state index contributed by atoms with van der Waals surface area (Å²) in [5.74, 6) is -0.897. The van der Waals surface area contributed by atoms with Crippen LogP contribution in [0.4, 0.5) is 0 Å². The van der Waals surface area contributed by atoms with Crippen LogP contribution in [0, 0.1) is 0 Å². The second kappa shape index (κ2) is 15.2. The molecule has 0 saturated carbocycles. The molecule has 8 rings (SSSR count). The predicted molar refractivity (Wildman–Crippen MR) is 204 cm³/mol. The van der Waals surface area contributed by atoms with E-state index in [4.69, 9.17) is 23.1 Å². The zero-order valence-corrected chi connectivity index (χ0v) is 31.6. The zero-order chi connectivity index (χ0) is 38.9. The Morgan fingerprint density at radius 2 is 1.41 bits per heavy atom. The van der Waals surface area contributed by atoms with Gasteiger partial charge in [-0.15, -0.1) is 0 Å². The summed E-state index contributed by atoms with van der Waals surface area (Å²) < 4.78 is 63.2. The number of para-hydroxylation sites is 1. The minimum atomic E-state index is -4.49. The first-order valence-corrected chi connectivity index (χ1v) is 19.4. The van der Waals surface area contributed by atoms with Crippen LogP contribution in [0.1, 0.15) is 52.8 Å². The van der Waals surface area contributed by atoms with Gasteiger partial charge >= 0.3 is 10.3 Å². The van der Waals surface area contributed by atoms with Gasteiger partial charge in [-0.25, -0.2) is 15.0 Å². The second-order valence-corrected chi connectivity index (χ2v) is 15.2. The minimum Gasteiger partial charge on any atom is -0.496 e. The van der Waals surface area contributed by atoms with Crippen LogP contribution in [0.25, 0.3) is 11.2 Å². The fraction of sp³-hybridized carbons (Fsp3) is 0.268. The number of nitrogens with zero attached hydrogens (tertiary/aromatic N) is 4. The van der Waals surface area contributed by atoms with Crippen molar-refractivity contribution >= 4 is 27.4 Å². The van der Waals surface area contributed by atoms with Crippen LogP contribution in [0.15, 0.2) is 128 Å². The van der Waals surface area contributed by atoms with Gasteiger partial charge in [0, 0.05) is 0 Å². The molecule has 2 aromatic heterocycles. The monoisotopic (exact) mass is 776 g/mol. The molecule has 2 saturated heterocycles. The van der Waals surface area contributed by atoms with E-state index >= 15 is 0 Å². The Morgan fingerprint density at radius 3 is 2.04 bits per heavy atom. The molecule has 15 heteroatoms. The van der Waals surface area contributed by atoms with Gasteiger partial charge in [0.1, 0.15) is 41.4 Å². The van der Waals surface area contributed by atoms with Crippen molar-refractivity contribution in [1.82, 2.24) is 29.6 Å². The largest absolute Gasteiger partial charge is 0.496 e. The Balaban J connectivity index is 1.05. The van der Waals surface area contributed by atoms with E-state index in [1.165, 1.54) is 13.4 Å². The number of carbonyl (C=O) groups is 1. The van der Waals surface area contributed by atoms with Gasteiger partial charge in [0.25, 0.3) is 5.91 Å². The molecule has 2 N–H and O–H groups in total. The molecule has 0 spiro atoms. The molecule has 2 fully saturated rings. The molecule has 6 aromatic rings. The van der Waals surface area contributed by atoms with Crippen LogP contribution in [0.3, 0.4) is 0 Å². The number of fused-ring (bicyclic) bond motifs is 2. The first-order valence-electron chi connectivity index (χ1n) is 18.0. The summed E-state index contributed by atoms with van der Waals surface area (Å²) >= 11 is 0. The predicted octanol–water partition coefficient (Wildman–Crippen LogP) is 5.03. The smallest absolute Gasteiger partial charge is 0.337 e. The van der Waals surface area contributed by atoms with Gasteiger partial charge in [-0.2, -0.15) is 13.1 Å². The Labute approximate surface area is 324 Å². The number of hydrogen-bond donors (Lipinski definition) is 2. The van der Waals surface area contributed by atoms with Crippen LogP contribution in [0.2, 0.25) is 0 Å². The van der Waals surface area contributed by atoms with Crippen molar-refractivity contribution in [2.45, 2.75) is 56.3 Å². The Bertz CT molecular complexity index is 2340. The summed E-state index contributed by atoms with van der Waals surface area (Å²) in [5.41, 5.74) is 2.49. The van der Waals surface area contributed by atoms with E-state index in [0.29, 0.717) is 44.9 Å². The van der Waals surface area contributed by atoms with Gasteiger partial charge < -0.3 is 24.3 Å². The molecule has 2 aliphatic rings.